The van der Waals surface area contributed by atoms with Crippen LogP contribution >= 0.6 is 0 Å². The van der Waals surface area contributed by atoms with E-state index in [0.29, 0.717) is 53.6 Å². The van der Waals surface area contributed by atoms with Gasteiger partial charge in [-0.15, -0.1) is 0 Å². The van der Waals surface area contributed by atoms with Crippen molar-refractivity contribution in [3.05, 3.63) is 77.3 Å². The number of nitrogens with zero attached hydrogens (tertiary/aromatic N) is 1. The molecule has 3 aromatic carbocycles. The van der Waals surface area contributed by atoms with Gasteiger partial charge in [0, 0.05) is 23.9 Å². The van der Waals surface area contributed by atoms with Crippen molar-refractivity contribution >= 4 is 38.4 Å². The number of sulfonamides is 1. The molecule has 0 saturated carbocycles. The topological polar surface area (TPSA) is 129 Å². The summed E-state index contributed by atoms with van der Waals surface area (Å²) in [6.07, 6.45) is 0.716. The molecule has 180 valence electrons. The van der Waals surface area contributed by atoms with Crippen molar-refractivity contribution in [1.82, 2.24) is 4.57 Å². The number of ether oxygens (including phenoxy) is 2. The molecule has 1 aliphatic heterocycles. The van der Waals surface area contributed by atoms with Crippen LogP contribution in [0.15, 0.2) is 80.8 Å². The molecule has 2 heterocycles. The Morgan fingerprint density at radius 3 is 2.43 bits per heavy atom. The van der Waals surface area contributed by atoms with Crippen LogP contribution in [0.3, 0.4) is 0 Å². The fraction of sp³-hybridized carbons (Fsp3) is 0.167. The van der Waals surface area contributed by atoms with Crippen LogP contribution in [-0.2, 0) is 21.4 Å². The van der Waals surface area contributed by atoms with Crippen molar-refractivity contribution in [3.63, 3.8) is 0 Å². The van der Waals surface area contributed by atoms with Crippen LogP contribution in [0.5, 0.6) is 11.5 Å². The fourth-order valence-corrected chi connectivity index (χ4v) is 4.73. The summed E-state index contributed by atoms with van der Waals surface area (Å²) < 4.78 is 45.7. The van der Waals surface area contributed by atoms with E-state index in [4.69, 9.17) is 13.9 Å². The summed E-state index contributed by atoms with van der Waals surface area (Å²) in [4.78, 5) is 24.6. The third kappa shape index (κ3) is 4.85. The van der Waals surface area contributed by atoms with Gasteiger partial charge >= 0.3 is 5.76 Å². The van der Waals surface area contributed by atoms with Gasteiger partial charge in [-0.2, -0.15) is 0 Å². The molecular formula is C24H21N3O7S. The number of oxazole rings is 1. The molecular weight excluding hydrogens is 474 g/mol. The van der Waals surface area contributed by atoms with Gasteiger partial charge in [-0.3, -0.25) is 14.1 Å². The highest BCUT2D eigenvalue weighted by molar-refractivity contribution is 7.92. The molecule has 1 aliphatic rings. The van der Waals surface area contributed by atoms with E-state index in [2.05, 4.69) is 10.0 Å². The Labute approximate surface area is 200 Å². The number of benzene rings is 3. The fourth-order valence-electron chi connectivity index (χ4n) is 3.65. The molecule has 5 rings (SSSR count). The van der Waals surface area contributed by atoms with Crippen molar-refractivity contribution in [1.29, 1.82) is 0 Å². The largest absolute Gasteiger partial charge is 0.490 e. The minimum Gasteiger partial charge on any atom is -0.490 e. The molecule has 0 bridgehead atoms. The van der Waals surface area contributed by atoms with Crippen LogP contribution in [0.4, 0.5) is 11.4 Å². The molecule has 0 saturated heterocycles. The monoisotopic (exact) mass is 495 g/mol. The molecule has 11 heteroatoms. The molecule has 1 amide bonds. The van der Waals surface area contributed by atoms with Gasteiger partial charge in [0.15, 0.2) is 17.1 Å². The standard InChI is InChI=1S/C24H21N3O7S/c28-23(15-27-19-4-1-2-5-20(19)34-24(27)29)25-16-6-8-17(9-7-16)26-35(30,31)18-10-11-21-22(14-18)33-13-3-12-32-21/h1-2,4-11,14,26H,3,12-13,15H2,(H,25,28). The Morgan fingerprint density at radius 2 is 1.63 bits per heavy atom. The maximum Gasteiger partial charge on any atom is 0.420 e. The number of rotatable bonds is 6. The molecule has 0 aliphatic carbocycles. The van der Waals surface area contributed by atoms with Crippen molar-refractivity contribution in [2.24, 2.45) is 0 Å². The second-order valence-electron chi connectivity index (χ2n) is 7.81. The lowest BCUT2D eigenvalue weighted by molar-refractivity contribution is -0.116. The number of fused-ring (bicyclic) bond motifs is 2. The average molecular weight is 496 g/mol. The average Bonchev–Trinajstić information content (AvgIpc) is 3.00. The number of amides is 1. The molecule has 0 radical (unpaired) electrons. The van der Waals surface area contributed by atoms with Crippen molar-refractivity contribution in [2.75, 3.05) is 23.3 Å². The summed E-state index contributed by atoms with van der Waals surface area (Å²) in [5, 5.41) is 2.69. The summed E-state index contributed by atoms with van der Waals surface area (Å²) in [7, 11) is -3.88. The first-order chi connectivity index (χ1) is 16.9. The zero-order chi connectivity index (χ0) is 24.4. The molecule has 0 spiro atoms. The van der Waals surface area contributed by atoms with Gasteiger partial charge in [-0.1, -0.05) is 12.1 Å². The summed E-state index contributed by atoms with van der Waals surface area (Å²) in [5.41, 5.74) is 1.67. The highest BCUT2D eigenvalue weighted by Gasteiger charge is 2.19. The van der Waals surface area contributed by atoms with Gasteiger partial charge in [-0.05, 0) is 48.5 Å². The highest BCUT2D eigenvalue weighted by atomic mass is 32.2. The summed E-state index contributed by atoms with van der Waals surface area (Å²) in [6.45, 7) is 0.729. The second kappa shape index (κ2) is 9.18. The predicted molar refractivity (Wildman–Crippen MR) is 128 cm³/mol. The number of carbonyl (C=O) groups is 1. The SMILES string of the molecule is O=C(Cn1c(=O)oc2ccccc21)Nc1ccc(NS(=O)(=O)c2ccc3c(c2)OCCCO3)cc1. The minimum atomic E-state index is -3.88. The molecule has 10 nitrogen and oxygen atoms in total. The maximum absolute atomic E-state index is 12.8. The molecule has 35 heavy (non-hydrogen) atoms. The van der Waals surface area contributed by atoms with Gasteiger partial charge < -0.3 is 19.2 Å². The van der Waals surface area contributed by atoms with E-state index in [1.165, 1.54) is 28.8 Å². The zero-order valence-corrected chi connectivity index (χ0v) is 19.2. The van der Waals surface area contributed by atoms with Crippen LogP contribution in [-0.4, -0.2) is 32.1 Å². The maximum atomic E-state index is 12.8. The first kappa shape index (κ1) is 22.5. The van der Waals surface area contributed by atoms with E-state index >= 15 is 0 Å². The quantitative estimate of drug-likeness (QED) is 0.420. The van der Waals surface area contributed by atoms with Gasteiger partial charge in [0.1, 0.15) is 6.54 Å². The molecule has 0 atom stereocenters. The van der Waals surface area contributed by atoms with E-state index < -0.39 is 21.7 Å². The third-order valence-electron chi connectivity index (χ3n) is 5.33. The number of nitrogens with one attached hydrogen (secondary N) is 2. The summed E-state index contributed by atoms with van der Waals surface area (Å²) >= 11 is 0. The lowest BCUT2D eigenvalue weighted by Crippen LogP contribution is -2.24. The Morgan fingerprint density at radius 1 is 0.914 bits per heavy atom. The zero-order valence-electron chi connectivity index (χ0n) is 18.4. The van der Waals surface area contributed by atoms with Crippen molar-refractivity contribution in [2.45, 2.75) is 17.9 Å². The molecule has 4 aromatic rings. The van der Waals surface area contributed by atoms with E-state index in [9.17, 15) is 18.0 Å². The highest BCUT2D eigenvalue weighted by Crippen LogP contribution is 2.32. The molecule has 0 fully saturated rings. The second-order valence-corrected chi connectivity index (χ2v) is 9.49. The Bertz CT molecular complexity index is 1560. The molecule has 2 N–H and O–H groups in total. The number of hydrogen-bond donors (Lipinski definition) is 2. The lowest BCUT2D eigenvalue weighted by Gasteiger charge is -2.12. The first-order valence-corrected chi connectivity index (χ1v) is 12.3. The normalized spacial score (nSPS) is 13.3. The Hall–Kier alpha value is -4.25. The van der Waals surface area contributed by atoms with Crippen molar-refractivity contribution in [3.8, 4) is 11.5 Å². The first-order valence-electron chi connectivity index (χ1n) is 10.8. The smallest absolute Gasteiger partial charge is 0.420 e. The minimum absolute atomic E-state index is 0.0388. The van der Waals surface area contributed by atoms with Crippen LogP contribution in [0.2, 0.25) is 0 Å². The van der Waals surface area contributed by atoms with E-state index in [0.717, 1.165) is 0 Å². The predicted octanol–water partition coefficient (Wildman–Crippen LogP) is 3.20. The van der Waals surface area contributed by atoms with Crippen LogP contribution < -0.4 is 25.3 Å². The third-order valence-corrected chi connectivity index (χ3v) is 6.70. The van der Waals surface area contributed by atoms with Gasteiger partial charge in [0.2, 0.25) is 5.91 Å². The van der Waals surface area contributed by atoms with Gasteiger partial charge in [0.05, 0.1) is 23.6 Å². The lowest BCUT2D eigenvalue weighted by atomic mass is 10.3. The Kier molecular flexibility index (Phi) is 5.91. The van der Waals surface area contributed by atoms with E-state index in [1.807, 2.05) is 0 Å². The van der Waals surface area contributed by atoms with Gasteiger partial charge in [0.25, 0.3) is 10.0 Å². The van der Waals surface area contributed by atoms with E-state index in [1.54, 1.807) is 42.5 Å². The molecule has 0 unspecified atom stereocenters. The van der Waals surface area contributed by atoms with Crippen LogP contribution in [0, 0.1) is 0 Å². The number of hydrogen-bond acceptors (Lipinski definition) is 7. The number of anilines is 2. The van der Waals surface area contributed by atoms with Crippen LogP contribution in [0.25, 0.3) is 11.1 Å². The summed E-state index contributed by atoms with van der Waals surface area (Å²) in [5.74, 6) is -0.166. The number of carbonyl (C=O) groups excluding carboxylic acids is 1. The Balaban J connectivity index is 1.26. The number of para-hydroxylation sites is 2. The van der Waals surface area contributed by atoms with Gasteiger partial charge in [-0.25, -0.2) is 13.2 Å². The van der Waals surface area contributed by atoms with Crippen molar-refractivity contribution < 1.29 is 27.1 Å². The molecule has 1 aromatic heterocycles. The van der Waals surface area contributed by atoms with Crippen LogP contribution in [0.1, 0.15) is 6.42 Å². The summed E-state index contributed by atoms with van der Waals surface area (Å²) in [6, 6.07) is 17.4. The van der Waals surface area contributed by atoms with E-state index in [-0.39, 0.29) is 11.4 Å². The number of aromatic nitrogens is 1.